The number of alkyl halides is 1. The average Bonchev–Trinajstić information content (AvgIpc) is 2.43. The highest BCUT2D eigenvalue weighted by Gasteiger charge is 2.10. The Kier molecular flexibility index (Phi) is 9.38. The van der Waals surface area contributed by atoms with Crippen molar-refractivity contribution in [2.75, 3.05) is 5.88 Å². The van der Waals surface area contributed by atoms with Gasteiger partial charge in [-0.15, -0.1) is 11.6 Å². The third kappa shape index (κ3) is 7.22. The smallest absolute Gasteiger partial charge is 0.0438 e. The van der Waals surface area contributed by atoms with E-state index in [-0.39, 0.29) is 0 Å². The second-order valence-corrected chi connectivity index (χ2v) is 6.09. The van der Waals surface area contributed by atoms with Gasteiger partial charge in [-0.05, 0) is 30.4 Å². The molecule has 1 rings (SSSR count). The van der Waals surface area contributed by atoms with Gasteiger partial charge in [0.1, 0.15) is 0 Å². The molecule has 1 aromatic rings. The van der Waals surface area contributed by atoms with Crippen LogP contribution in [0, 0.1) is 5.92 Å². The molecule has 1 unspecified atom stereocenters. The van der Waals surface area contributed by atoms with Crippen molar-refractivity contribution in [1.29, 1.82) is 0 Å². The van der Waals surface area contributed by atoms with Crippen molar-refractivity contribution in [3.05, 3.63) is 34.9 Å². The minimum atomic E-state index is 0.563. The van der Waals surface area contributed by atoms with Gasteiger partial charge in [0, 0.05) is 10.9 Å². The zero-order chi connectivity index (χ0) is 13.9. The van der Waals surface area contributed by atoms with Crippen molar-refractivity contribution >= 4 is 23.2 Å². The molecule has 1 atom stereocenters. The second kappa shape index (κ2) is 10.6. The first-order chi connectivity index (χ1) is 9.27. The zero-order valence-corrected chi connectivity index (χ0v) is 13.5. The van der Waals surface area contributed by atoms with Gasteiger partial charge in [0.2, 0.25) is 0 Å². The van der Waals surface area contributed by atoms with E-state index in [1.54, 1.807) is 0 Å². The summed E-state index contributed by atoms with van der Waals surface area (Å²) in [5.41, 5.74) is 1.24. The molecule has 0 spiro atoms. The SMILES string of the molecule is CCCCCCCCC(CCl)Cc1ccccc1Cl. The minimum absolute atomic E-state index is 0.563. The van der Waals surface area contributed by atoms with E-state index >= 15 is 0 Å². The average molecular weight is 301 g/mol. The van der Waals surface area contributed by atoms with Crippen molar-refractivity contribution in [2.45, 2.75) is 58.3 Å². The van der Waals surface area contributed by atoms with Gasteiger partial charge < -0.3 is 0 Å². The molecular weight excluding hydrogens is 275 g/mol. The maximum atomic E-state index is 6.20. The van der Waals surface area contributed by atoms with Crippen LogP contribution < -0.4 is 0 Å². The van der Waals surface area contributed by atoms with Crippen LogP contribution in [0.2, 0.25) is 5.02 Å². The zero-order valence-electron chi connectivity index (χ0n) is 12.0. The summed E-state index contributed by atoms with van der Waals surface area (Å²) in [4.78, 5) is 0. The van der Waals surface area contributed by atoms with E-state index in [0.717, 1.165) is 17.3 Å². The Morgan fingerprint density at radius 1 is 1.00 bits per heavy atom. The lowest BCUT2D eigenvalue weighted by Crippen LogP contribution is -2.07. The van der Waals surface area contributed by atoms with E-state index in [2.05, 4.69) is 19.1 Å². The van der Waals surface area contributed by atoms with Crippen LogP contribution in [-0.2, 0) is 6.42 Å². The van der Waals surface area contributed by atoms with Gasteiger partial charge in [-0.1, -0.05) is 75.2 Å². The lowest BCUT2D eigenvalue weighted by Gasteiger charge is -2.14. The van der Waals surface area contributed by atoms with Gasteiger partial charge >= 0.3 is 0 Å². The first kappa shape index (κ1) is 16.9. The van der Waals surface area contributed by atoms with Crippen molar-refractivity contribution in [3.8, 4) is 0 Å². The fraction of sp³-hybridized carbons (Fsp3) is 0.647. The Balaban J connectivity index is 2.24. The van der Waals surface area contributed by atoms with Gasteiger partial charge in [0.15, 0.2) is 0 Å². The van der Waals surface area contributed by atoms with E-state index in [4.69, 9.17) is 23.2 Å². The summed E-state index contributed by atoms with van der Waals surface area (Å²) >= 11 is 12.3. The first-order valence-corrected chi connectivity index (χ1v) is 8.48. The molecule has 0 saturated carbocycles. The third-order valence-electron chi connectivity index (χ3n) is 3.65. The number of hydrogen-bond acceptors (Lipinski definition) is 0. The Bertz CT molecular complexity index is 336. The fourth-order valence-electron chi connectivity index (χ4n) is 2.42. The summed E-state index contributed by atoms with van der Waals surface area (Å²) < 4.78 is 0. The van der Waals surface area contributed by atoms with E-state index in [0.29, 0.717) is 5.92 Å². The Hall–Kier alpha value is -0.200. The fourth-order valence-corrected chi connectivity index (χ4v) is 2.90. The summed E-state index contributed by atoms with van der Waals surface area (Å²) in [6.07, 6.45) is 10.3. The quantitative estimate of drug-likeness (QED) is 0.342. The molecule has 0 nitrogen and oxygen atoms in total. The molecule has 0 bridgehead atoms. The van der Waals surface area contributed by atoms with Crippen LogP contribution in [0.1, 0.15) is 57.4 Å². The summed E-state index contributed by atoms with van der Waals surface area (Å²) in [7, 11) is 0. The molecule has 0 radical (unpaired) electrons. The summed E-state index contributed by atoms with van der Waals surface area (Å²) in [6.45, 7) is 2.26. The molecule has 0 N–H and O–H groups in total. The van der Waals surface area contributed by atoms with Crippen LogP contribution in [-0.4, -0.2) is 5.88 Å². The van der Waals surface area contributed by atoms with Crippen molar-refractivity contribution in [3.63, 3.8) is 0 Å². The van der Waals surface area contributed by atoms with Gasteiger partial charge in [-0.25, -0.2) is 0 Å². The van der Waals surface area contributed by atoms with Gasteiger partial charge in [0.05, 0.1) is 0 Å². The lowest BCUT2D eigenvalue weighted by molar-refractivity contribution is 0.485. The molecule has 0 aliphatic heterocycles. The largest absolute Gasteiger partial charge is 0.126 e. The molecule has 0 aliphatic carbocycles. The minimum Gasteiger partial charge on any atom is -0.126 e. The Labute approximate surface area is 128 Å². The number of rotatable bonds is 10. The summed E-state index contributed by atoms with van der Waals surface area (Å²) in [6, 6.07) is 8.11. The molecule has 0 heterocycles. The van der Waals surface area contributed by atoms with Crippen LogP contribution in [0.3, 0.4) is 0 Å². The molecule has 108 valence electrons. The molecule has 2 heteroatoms. The highest BCUT2D eigenvalue weighted by molar-refractivity contribution is 6.31. The first-order valence-electron chi connectivity index (χ1n) is 7.57. The van der Waals surface area contributed by atoms with E-state index in [9.17, 15) is 0 Å². The molecule has 1 aromatic carbocycles. The summed E-state index contributed by atoms with van der Waals surface area (Å²) in [5.74, 6) is 1.30. The third-order valence-corrected chi connectivity index (χ3v) is 4.46. The summed E-state index contributed by atoms with van der Waals surface area (Å²) in [5, 5.41) is 0.876. The van der Waals surface area contributed by atoms with Gasteiger partial charge in [0.25, 0.3) is 0 Å². The Morgan fingerprint density at radius 3 is 2.37 bits per heavy atom. The van der Waals surface area contributed by atoms with E-state index in [1.165, 1.54) is 50.5 Å². The van der Waals surface area contributed by atoms with Crippen molar-refractivity contribution in [2.24, 2.45) is 5.92 Å². The number of halogens is 2. The number of unbranched alkanes of at least 4 members (excludes halogenated alkanes) is 5. The molecular formula is C17H26Cl2. The topological polar surface area (TPSA) is 0 Å². The second-order valence-electron chi connectivity index (χ2n) is 5.37. The monoisotopic (exact) mass is 300 g/mol. The number of benzene rings is 1. The maximum absolute atomic E-state index is 6.20. The predicted octanol–water partition coefficient (Wildman–Crippen LogP) is 6.49. The van der Waals surface area contributed by atoms with Crippen LogP contribution >= 0.6 is 23.2 Å². The van der Waals surface area contributed by atoms with Gasteiger partial charge in [-0.3, -0.25) is 0 Å². The van der Waals surface area contributed by atoms with Crippen LogP contribution in [0.5, 0.6) is 0 Å². The highest BCUT2D eigenvalue weighted by Crippen LogP contribution is 2.23. The molecule has 19 heavy (non-hydrogen) atoms. The van der Waals surface area contributed by atoms with E-state index in [1.807, 2.05) is 12.1 Å². The molecule has 0 fully saturated rings. The standard InChI is InChI=1S/C17H26Cl2/c1-2-3-4-5-6-7-10-15(14-18)13-16-11-8-9-12-17(16)19/h8-9,11-12,15H,2-7,10,13-14H2,1H3. The molecule has 0 aromatic heterocycles. The highest BCUT2D eigenvalue weighted by atomic mass is 35.5. The van der Waals surface area contributed by atoms with E-state index < -0.39 is 0 Å². The maximum Gasteiger partial charge on any atom is 0.0438 e. The van der Waals surface area contributed by atoms with Crippen LogP contribution in [0.25, 0.3) is 0 Å². The van der Waals surface area contributed by atoms with Crippen LogP contribution in [0.15, 0.2) is 24.3 Å². The Morgan fingerprint density at radius 2 is 1.68 bits per heavy atom. The molecule has 0 aliphatic rings. The molecule has 0 amide bonds. The van der Waals surface area contributed by atoms with Crippen LogP contribution in [0.4, 0.5) is 0 Å². The normalized spacial score (nSPS) is 12.6. The van der Waals surface area contributed by atoms with Crippen molar-refractivity contribution < 1.29 is 0 Å². The van der Waals surface area contributed by atoms with Crippen molar-refractivity contribution in [1.82, 2.24) is 0 Å². The lowest BCUT2D eigenvalue weighted by atomic mass is 9.95. The predicted molar refractivity (Wildman–Crippen MR) is 87.4 cm³/mol. The molecule has 0 saturated heterocycles. The van der Waals surface area contributed by atoms with Gasteiger partial charge in [-0.2, -0.15) is 0 Å². The number of hydrogen-bond donors (Lipinski definition) is 0.